The van der Waals surface area contributed by atoms with E-state index in [0.29, 0.717) is 6.61 Å². The molecule has 2 aliphatic heterocycles. The molecule has 2 bridgehead atoms. The zero-order chi connectivity index (χ0) is 12.1. The number of nitrogen functional groups attached to an aromatic ring is 1. The molecule has 4 N–H and O–H groups in total. The van der Waals surface area contributed by atoms with Crippen LogP contribution in [-0.2, 0) is 11.4 Å². The summed E-state index contributed by atoms with van der Waals surface area (Å²) in [5.41, 5.74) is 7.53. The fourth-order valence-corrected chi connectivity index (χ4v) is 1.21. The minimum atomic E-state index is -0.963. The molecule has 2 heterocycles. The van der Waals surface area contributed by atoms with Crippen LogP contribution in [0.1, 0.15) is 18.9 Å². The van der Waals surface area contributed by atoms with Crippen molar-refractivity contribution in [3.63, 3.8) is 0 Å². The fraction of sp³-hybridized carbons (Fsp3) is 0.364. The van der Waals surface area contributed by atoms with Crippen LogP contribution in [0.4, 0.5) is 5.69 Å². The molecule has 0 saturated carbocycles. The Labute approximate surface area is 93.5 Å². The van der Waals surface area contributed by atoms with E-state index in [9.17, 15) is 4.79 Å². The van der Waals surface area contributed by atoms with Crippen LogP contribution in [0.25, 0.3) is 0 Å². The first-order chi connectivity index (χ1) is 7.49. The molecule has 1 atom stereocenters. The molecule has 0 spiro atoms. The number of aliphatic hydroxyl groups excluding tert-OH is 1. The Morgan fingerprint density at radius 3 is 2.44 bits per heavy atom. The van der Waals surface area contributed by atoms with Gasteiger partial charge in [0.05, 0.1) is 12.5 Å². The van der Waals surface area contributed by atoms with Crippen LogP contribution in [0.2, 0.25) is 0 Å². The Bertz CT molecular complexity index is 376. The lowest BCUT2D eigenvalue weighted by atomic mass is 10.1. The smallest absolute Gasteiger partial charge is 0.305 e. The summed E-state index contributed by atoms with van der Waals surface area (Å²) < 4.78 is 5.18. The van der Waals surface area contributed by atoms with Crippen molar-refractivity contribution in [3.8, 4) is 5.75 Å². The van der Waals surface area contributed by atoms with Gasteiger partial charge in [-0.25, -0.2) is 0 Å². The Hall–Kier alpha value is -1.75. The number of anilines is 1. The van der Waals surface area contributed by atoms with Crippen LogP contribution in [0.3, 0.4) is 0 Å². The van der Waals surface area contributed by atoms with E-state index in [4.69, 9.17) is 20.7 Å². The van der Waals surface area contributed by atoms with Crippen molar-refractivity contribution in [1.29, 1.82) is 0 Å². The zero-order valence-electron chi connectivity index (χ0n) is 9.01. The van der Waals surface area contributed by atoms with Gasteiger partial charge in [-0.1, -0.05) is 0 Å². The Balaban J connectivity index is 0.000000168. The average molecular weight is 225 g/mol. The highest BCUT2D eigenvalue weighted by Gasteiger charge is 2.07. The number of carboxylic acid groups (broad SMARTS) is 1. The van der Waals surface area contributed by atoms with E-state index < -0.39 is 12.1 Å². The van der Waals surface area contributed by atoms with Crippen LogP contribution in [-0.4, -0.2) is 22.3 Å². The van der Waals surface area contributed by atoms with Crippen molar-refractivity contribution < 1.29 is 19.7 Å². The average Bonchev–Trinajstić information content (AvgIpc) is 2.17. The van der Waals surface area contributed by atoms with E-state index in [0.717, 1.165) is 17.0 Å². The maximum atomic E-state index is 9.65. The Morgan fingerprint density at radius 2 is 2.31 bits per heavy atom. The summed E-state index contributed by atoms with van der Waals surface area (Å²) in [4.78, 5) is 9.65. The van der Waals surface area contributed by atoms with Gasteiger partial charge in [0.15, 0.2) is 0 Å². The molecule has 0 radical (unpaired) electrons. The molecule has 0 aromatic heterocycles. The van der Waals surface area contributed by atoms with Gasteiger partial charge in [-0.2, -0.15) is 0 Å². The molecule has 1 aromatic carbocycles. The lowest BCUT2D eigenvalue weighted by molar-refractivity contribution is -0.138. The van der Waals surface area contributed by atoms with Crippen LogP contribution < -0.4 is 10.5 Å². The van der Waals surface area contributed by atoms with Crippen LogP contribution in [0, 0.1) is 0 Å². The Kier molecular flexibility index (Phi) is 4.13. The second-order valence-corrected chi connectivity index (χ2v) is 3.60. The lowest BCUT2D eigenvalue weighted by Crippen LogP contribution is -2.07. The van der Waals surface area contributed by atoms with Gasteiger partial charge < -0.3 is 20.7 Å². The van der Waals surface area contributed by atoms with Crippen molar-refractivity contribution in [2.24, 2.45) is 0 Å². The summed E-state index contributed by atoms with van der Waals surface area (Å²) in [7, 11) is 0. The molecule has 1 unspecified atom stereocenters. The second kappa shape index (κ2) is 5.37. The standard InChI is InChI=1S/C7H7NO.C4H8O3/c8-7-3-6-2-1-5(7)4-9-6;1-3(5)2-4(6)7/h1-3H,4,8H2;3,5H,2H2,1H3,(H,6,7). The number of hydrogen-bond donors (Lipinski definition) is 3. The van der Waals surface area contributed by atoms with Gasteiger partial charge >= 0.3 is 5.97 Å². The number of aliphatic carboxylic acids is 1. The van der Waals surface area contributed by atoms with Crippen LogP contribution in [0.5, 0.6) is 5.75 Å². The van der Waals surface area contributed by atoms with Gasteiger partial charge in [-0.3, -0.25) is 4.79 Å². The third-order valence-electron chi connectivity index (χ3n) is 1.98. The number of rotatable bonds is 2. The predicted octanol–water partition coefficient (Wildman–Crippen LogP) is 1.00. The molecule has 0 fully saturated rings. The van der Waals surface area contributed by atoms with Crippen molar-refractivity contribution in [2.75, 3.05) is 5.73 Å². The van der Waals surface area contributed by atoms with Crippen LogP contribution >= 0.6 is 0 Å². The lowest BCUT2D eigenvalue weighted by Gasteiger charge is -2.15. The summed E-state index contributed by atoms with van der Waals surface area (Å²) in [5.74, 6) is -0.0856. The van der Waals surface area contributed by atoms with Gasteiger partial charge in [0.2, 0.25) is 0 Å². The first-order valence-electron chi connectivity index (χ1n) is 4.90. The molecule has 2 aliphatic rings. The highest BCUT2D eigenvalue weighted by atomic mass is 16.5. The van der Waals surface area contributed by atoms with Gasteiger partial charge in [0.1, 0.15) is 12.4 Å². The number of ether oxygens (including phenoxy) is 1. The van der Waals surface area contributed by atoms with Gasteiger partial charge in [-0.15, -0.1) is 0 Å². The maximum Gasteiger partial charge on any atom is 0.305 e. The first kappa shape index (κ1) is 12.3. The zero-order valence-corrected chi connectivity index (χ0v) is 9.01. The molecule has 5 heteroatoms. The van der Waals surface area contributed by atoms with E-state index in [1.807, 2.05) is 18.2 Å². The summed E-state index contributed by atoms with van der Waals surface area (Å²) >= 11 is 0. The SMILES string of the molecule is CC(O)CC(=O)O.Nc1cc2ccc1CO2. The molecular weight excluding hydrogens is 210 g/mol. The third-order valence-corrected chi connectivity index (χ3v) is 1.98. The minimum absolute atomic E-state index is 0.167. The topological polar surface area (TPSA) is 92.8 Å². The summed E-state index contributed by atoms with van der Waals surface area (Å²) in [6.07, 6.45) is -0.891. The third kappa shape index (κ3) is 3.78. The quantitative estimate of drug-likeness (QED) is 0.653. The molecule has 0 aliphatic carbocycles. The van der Waals surface area contributed by atoms with Crippen molar-refractivity contribution >= 4 is 11.7 Å². The summed E-state index contributed by atoms with van der Waals surface area (Å²) in [5, 5.41) is 16.3. The maximum absolute atomic E-state index is 9.65. The Morgan fingerprint density at radius 1 is 1.62 bits per heavy atom. The molecule has 88 valence electrons. The van der Waals surface area contributed by atoms with Gasteiger partial charge in [0.25, 0.3) is 0 Å². The number of aliphatic hydroxyl groups is 1. The van der Waals surface area contributed by atoms with Crippen molar-refractivity contribution in [2.45, 2.75) is 26.1 Å². The van der Waals surface area contributed by atoms with E-state index >= 15 is 0 Å². The van der Waals surface area contributed by atoms with E-state index in [2.05, 4.69) is 0 Å². The first-order valence-corrected chi connectivity index (χ1v) is 4.90. The molecule has 1 aromatic rings. The van der Waals surface area contributed by atoms with E-state index in [-0.39, 0.29) is 6.42 Å². The predicted molar refractivity (Wildman–Crippen MR) is 59.1 cm³/mol. The molecule has 5 nitrogen and oxygen atoms in total. The molecular formula is C11H15NO4. The van der Waals surface area contributed by atoms with Crippen LogP contribution in [0.15, 0.2) is 18.2 Å². The number of carboxylic acids is 1. The molecule has 3 rings (SSSR count). The van der Waals surface area contributed by atoms with Crippen molar-refractivity contribution in [3.05, 3.63) is 23.8 Å². The largest absolute Gasteiger partial charge is 0.489 e. The van der Waals surface area contributed by atoms with E-state index in [1.165, 1.54) is 6.92 Å². The minimum Gasteiger partial charge on any atom is -0.489 e. The molecule has 0 amide bonds. The van der Waals surface area contributed by atoms with Gasteiger partial charge in [0, 0.05) is 17.3 Å². The van der Waals surface area contributed by atoms with Crippen molar-refractivity contribution in [1.82, 2.24) is 0 Å². The summed E-state index contributed by atoms with van der Waals surface area (Å²) in [6.45, 7) is 2.09. The fourth-order valence-electron chi connectivity index (χ4n) is 1.21. The van der Waals surface area contributed by atoms with E-state index in [1.54, 1.807) is 0 Å². The molecule has 16 heavy (non-hydrogen) atoms. The van der Waals surface area contributed by atoms with Gasteiger partial charge in [-0.05, 0) is 19.1 Å². The summed E-state index contributed by atoms with van der Waals surface area (Å²) in [6, 6.07) is 5.77. The second-order valence-electron chi connectivity index (χ2n) is 3.60. The highest BCUT2D eigenvalue weighted by Crippen LogP contribution is 2.26. The number of fused-ring (bicyclic) bond motifs is 3. The monoisotopic (exact) mass is 225 g/mol. The number of hydrogen-bond acceptors (Lipinski definition) is 4. The number of carbonyl (C=O) groups is 1. The molecule has 0 saturated heterocycles. The highest BCUT2D eigenvalue weighted by molar-refractivity contribution is 5.67. The number of nitrogens with two attached hydrogens (primary N) is 1. The normalized spacial score (nSPS) is 13.4. The number of benzene rings is 1.